The van der Waals surface area contributed by atoms with Gasteiger partial charge in [0.25, 0.3) is 0 Å². The number of unbranched alkanes of at least 4 members (excludes halogenated alkanes) is 1. The van der Waals surface area contributed by atoms with E-state index in [-0.39, 0.29) is 17.1 Å². The summed E-state index contributed by atoms with van der Waals surface area (Å²) in [5.41, 5.74) is 9.81. The molecule has 0 radical (unpaired) electrons. The molecule has 92 valence electrons. The normalized spacial score (nSPS) is 8.93. The summed E-state index contributed by atoms with van der Waals surface area (Å²) in [4.78, 5) is 16.5. The Labute approximate surface area is 84.3 Å². The number of rotatable bonds is 4. The zero-order chi connectivity index (χ0) is 10.0. The minimum Gasteiger partial charge on any atom is -0.412 e. The summed E-state index contributed by atoms with van der Waals surface area (Å²) >= 11 is 0. The molecule has 0 aromatic rings. The van der Waals surface area contributed by atoms with Crippen LogP contribution in [0.5, 0.6) is 0 Å². The van der Waals surface area contributed by atoms with E-state index in [1.807, 2.05) is 6.92 Å². The van der Waals surface area contributed by atoms with Gasteiger partial charge in [-0.3, -0.25) is 4.57 Å². The van der Waals surface area contributed by atoms with E-state index in [2.05, 4.69) is 0 Å². The highest BCUT2D eigenvalue weighted by Gasteiger charge is 2.09. The molecule has 0 aliphatic carbocycles. The largest absolute Gasteiger partial charge is 0.412 e. The molecule has 0 unspecified atom stereocenters. The average molecular weight is 234 g/mol. The predicted octanol–water partition coefficient (Wildman–Crippen LogP) is -1.78. The van der Waals surface area contributed by atoms with Gasteiger partial charge in [0.15, 0.2) is 0 Å². The van der Waals surface area contributed by atoms with E-state index in [1.165, 1.54) is 0 Å². The Kier molecular flexibility index (Phi) is 26.1. The first-order chi connectivity index (χ1) is 5.47. The Morgan fingerprint density at radius 1 is 1.14 bits per heavy atom. The van der Waals surface area contributed by atoms with Gasteiger partial charge in [0.05, 0.1) is 0 Å². The van der Waals surface area contributed by atoms with Gasteiger partial charge in [-0.15, -0.1) is 0 Å². The van der Waals surface area contributed by atoms with Crippen molar-refractivity contribution < 1.29 is 25.3 Å². The molecule has 0 aliphatic heterocycles. The van der Waals surface area contributed by atoms with E-state index in [1.54, 1.807) is 0 Å². The van der Waals surface area contributed by atoms with Gasteiger partial charge in [0.1, 0.15) is 0 Å². The van der Waals surface area contributed by atoms with Crippen LogP contribution in [0.3, 0.4) is 0 Å². The topological polar surface area (TPSA) is 173 Å². The van der Waals surface area contributed by atoms with E-state index < -0.39 is 7.60 Å². The third kappa shape index (κ3) is 40.4. The minimum atomic E-state index is -3.68. The lowest BCUT2D eigenvalue weighted by atomic mass is 10.4. The summed E-state index contributed by atoms with van der Waals surface area (Å²) in [7, 11) is -3.68. The van der Waals surface area contributed by atoms with Crippen LogP contribution < -0.4 is 11.5 Å². The molecule has 0 saturated heterocycles. The second-order valence-corrected chi connectivity index (χ2v) is 4.10. The van der Waals surface area contributed by atoms with Crippen molar-refractivity contribution in [3.8, 4) is 0 Å². The first kappa shape index (κ1) is 23.7. The lowest BCUT2D eigenvalue weighted by Crippen LogP contribution is -2.11. The van der Waals surface area contributed by atoms with Crippen LogP contribution in [0.4, 0.5) is 0 Å². The van der Waals surface area contributed by atoms with Crippen molar-refractivity contribution in [2.24, 2.45) is 11.5 Å². The first-order valence-corrected chi connectivity index (χ1v) is 5.72. The maximum Gasteiger partial charge on any atom is 0.325 e. The molecule has 8 heteroatoms. The fourth-order valence-corrected chi connectivity index (χ4v) is 1.09. The fourth-order valence-electron chi connectivity index (χ4n) is 0.364. The summed E-state index contributed by atoms with van der Waals surface area (Å²) < 4.78 is 10.1. The van der Waals surface area contributed by atoms with Crippen molar-refractivity contribution in [2.75, 3.05) is 19.3 Å². The molecule has 0 spiro atoms. The van der Waals surface area contributed by atoms with Crippen LogP contribution in [0.1, 0.15) is 19.8 Å². The van der Waals surface area contributed by atoms with E-state index >= 15 is 0 Å². The van der Waals surface area contributed by atoms with Crippen molar-refractivity contribution in [3.05, 3.63) is 0 Å². The van der Waals surface area contributed by atoms with Crippen LogP contribution in [0, 0.1) is 0 Å². The minimum absolute atomic E-state index is 0. The molecule has 0 bridgehead atoms. The highest BCUT2D eigenvalue weighted by atomic mass is 31.2. The summed E-state index contributed by atoms with van der Waals surface area (Å²) in [6.07, 6.45) is 1.49. The summed E-state index contributed by atoms with van der Waals surface area (Å²) in [5, 5.41) is 0. The lowest BCUT2D eigenvalue weighted by Gasteiger charge is -1.98. The van der Waals surface area contributed by atoms with Gasteiger partial charge in [0.2, 0.25) is 0 Å². The molecule has 0 rings (SSSR count). The van der Waals surface area contributed by atoms with Gasteiger partial charge < -0.3 is 32.2 Å². The van der Waals surface area contributed by atoms with Crippen molar-refractivity contribution in [3.63, 3.8) is 0 Å². The third-order valence-corrected chi connectivity index (χ3v) is 1.87. The predicted molar refractivity (Wildman–Crippen MR) is 57.2 cm³/mol. The van der Waals surface area contributed by atoms with Crippen LogP contribution in [0.2, 0.25) is 0 Å². The summed E-state index contributed by atoms with van der Waals surface area (Å²) in [6, 6.07) is 0. The Bertz CT molecular complexity index is 127. The molecule has 7 nitrogen and oxygen atoms in total. The highest BCUT2D eigenvalue weighted by Crippen LogP contribution is 2.34. The smallest absolute Gasteiger partial charge is 0.325 e. The van der Waals surface area contributed by atoms with Crippen molar-refractivity contribution >= 4 is 7.60 Å². The Balaban J connectivity index is -0.0000000733. The molecular formula is C6H23N2O5P. The molecule has 0 amide bonds. The highest BCUT2D eigenvalue weighted by molar-refractivity contribution is 7.51. The number of hydrogen-bond donors (Lipinski definition) is 4. The molecule has 0 heterocycles. The van der Waals surface area contributed by atoms with E-state index in [9.17, 15) is 4.57 Å². The lowest BCUT2D eigenvalue weighted by molar-refractivity contribution is 0.371. The van der Waals surface area contributed by atoms with Gasteiger partial charge in [0, 0.05) is 19.3 Å². The van der Waals surface area contributed by atoms with Crippen molar-refractivity contribution in [1.82, 2.24) is 0 Å². The van der Waals surface area contributed by atoms with Gasteiger partial charge >= 0.3 is 7.60 Å². The molecule has 0 aromatic carbocycles. The monoisotopic (exact) mass is 234 g/mol. The molecule has 0 atom stereocenters. The standard InChI is InChI=1S/C4H11O3P.C2H8N2.2H2O/c1-2-3-4-8(5,6)7;3-1-2-4;;/h2-4H2,1H3,(H2,5,6,7);1-4H2;2*1H2. The van der Waals surface area contributed by atoms with E-state index in [0.29, 0.717) is 19.5 Å². The molecule has 0 saturated carbocycles. The quantitative estimate of drug-likeness (QED) is 0.420. The van der Waals surface area contributed by atoms with Crippen LogP contribution in [0.25, 0.3) is 0 Å². The molecule has 0 fully saturated rings. The van der Waals surface area contributed by atoms with Crippen LogP contribution in [-0.2, 0) is 4.57 Å². The Morgan fingerprint density at radius 3 is 1.57 bits per heavy atom. The maximum atomic E-state index is 10.1. The van der Waals surface area contributed by atoms with E-state index in [4.69, 9.17) is 21.3 Å². The van der Waals surface area contributed by atoms with Crippen molar-refractivity contribution in [1.29, 1.82) is 0 Å². The second kappa shape index (κ2) is 15.5. The summed E-state index contributed by atoms with van der Waals surface area (Å²) in [6.45, 7) is 3.09. The number of nitrogens with two attached hydrogens (primary N) is 2. The van der Waals surface area contributed by atoms with Gasteiger partial charge in [-0.1, -0.05) is 13.3 Å². The van der Waals surface area contributed by atoms with Crippen molar-refractivity contribution in [2.45, 2.75) is 19.8 Å². The Hall–Kier alpha value is -0.0100. The third-order valence-electron chi connectivity index (χ3n) is 0.970. The molecule has 0 aliphatic rings. The molecule has 0 aromatic heterocycles. The maximum absolute atomic E-state index is 10.1. The van der Waals surface area contributed by atoms with Crippen LogP contribution in [-0.4, -0.2) is 40.0 Å². The molecule has 10 N–H and O–H groups in total. The average Bonchev–Trinajstić information content (AvgIpc) is 2.00. The molecular weight excluding hydrogens is 211 g/mol. The van der Waals surface area contributed by atoms with Crippen LogP contribution >= 0.6 is 7.60 Å². The Morgan fingerprint density at radius 2 is 1.50 bits per heavy atom. The van der Waals surface area contributed by atoms with Crippen LogP contribution in [0.15, 0.2) is 0 Å². The molecule has 14 heavy (non-hydrogen) atoms. The zero-order valence-corrected chi connectivity index (χ0v) is 9.33. The number of hydrogen-bond acceptors (Lipinski definition) is 3. The van der Waals surface area contributed by atoms with Gasteiger partial charge in [-0.05, 0) is 6.42 Å². The van der Waals surface area contributed by atoms with Gasteiger partial charge in [-0.25, -0.2) is 0 Å². The summed E-state index contributed by atoms with van der Waals surface area (Å²) in [5.74, 6) is 0. The fraction of sp³-hybridized carbons (Fsp3) is 1.00. The van der Waals surface area contributed by atoms with E-state index in [0.717, 1.165) is 6.42 Å². The zero-order valence-electron chi connectivity index (χ0n) is 8.44. The first-order valence-electron chi connectivity index (χ1n) is 3.92. The SMILES string of the molecule is CCCCP(=O)(O)O.NCCN.O.O. The second-order valence-electron chi connectivity index (χ2n) is 2.32. The van der Waals surface area contributed by atoms with Gasteiger partial charge in [-0.2, -0.15) is 0 Å².